The molecule has 4 heteroatoms. The molecule has 0 radical (unpaired) electrons. The summed E-state index contributed by atoms with van der Waals surface area (Å²) >= 11 is 0. The summed E-state index contributed by atoms with van der Waals surface area (Å²) in [5.41, 5.74) is 14.0. The molecule has 60 heavy (non-hydrogen) atoms. The van der Waals surface area contributed by atoms with Crippen LogP contribution in [0.25, 0.3) is 111 Å². The van der Waals surface area contributed by atoms with Gasteiger partial charge >= 0.3 is 0 Å². The third-order valence-corrected chi connectivity index (χ3v) is 11.9. The third kappa shape index (κ3) is 5.46. The molecule has 3 aromatic heterocycles. The third-order valence-electron chi connectivity index (χ3n) is 11.9. The molecule has 4 nitrogen and oxygen atoms in total. The Morgan fingerprint density at radius 2 is 0.817 bits per heavy atom. The lowest BCUT2D eigenvalue weighted by Crippen LogP contribution is -2.00. The lowest BCUT2D eigenvalue weighted by molar-refractivity contribution is 1.17. The molecule has 0 aliphatic rings. The second-order valence-electron chi connectivity index (χ2n) is 15.4. The van der Waals surface area contributed by atoms with Crippen molar-refractivity contribution in [3.05, 3.63) is 218 Å². The van der Waals surface area contributed by atoms with Crippen LogP contribution in [0.5, 0.6) is 0 Å². The van der Waals surface area contributed by atoms with Crippen molar-refractivity contribution in [3.63, 3.8) is 0 Å². The standard InChI is InChI=1S/C56H36N4/c1-4-17-37(18-5-1)39-22-16-23-41(33-39)48-36-47(38-19-6-2-7-20-38)57-56(58-48)42-34-40-21-10-11-26-44(40)53(35-42)60-50-30-15-13-28-46(50)55-52(60)32-31-51-54(55)45-27-12-14-29-49(45)59(51)43-24-8-3-9-25-43/h1-36H. The van der Waals surface area contributed by atoms with Gasteiger partial charge in [0.05, 0.1) is 39.1 Å². The molecular weight excluding hydrogens is 729 g/mol. The van der Waals surface area contributed by atoms with Crippen LogP contribution in [0.2, 0.25) is 0 Å². The normalized spacial score (nSPS) is 11.7. The quantitative estimate of drug-likeness (QED) is 0.169. The molecule has 0 amide bonds. The zero-order valence-corrected chi connectivity index (χ0v) is 32.6. The Balaban J connectivity index is 1.13. The number of para-hydroxylation sites is 3. The minimum atomic E-state index is 0.678. The summed E-state index contributed by atoms with van der Waals surface area (Å²) in [6.45, 7) is 0. The summed E-state index contributed by atoms with van der Waals surface area (Å²) in [7, 11) is 0. The number of nitrogens with zero attached hydrogens (tertiary/aromatic N) is 4. The molecule has 0 aliphatic heterocycles. The molecule has 280 valence electrons. The maximum atomic E-state index is 5.37. The summed E-state index contributed by atoms with van der Waals surface area (Å²) in [6, 6.07) is 77.9. The molecule has 0 saturated carbocycles. The van der Waals surface area contributed by atoms with Crippen molar-refractivity contribution in [2.75, 3.05) is 0 Å². The maximum absolute atomic E-state index is 5.37. The molecular formula is C56H36N4. The van der Waals surface area contributed by atoms with E-state index in [2.05, 4.69) is 221 Å². The monoisotopic (exact) mass is 764 g/mol. The van der Waals surface area contributed by atoms with Crippen molar-refractivity contribution >= 4 is 54.4 Å². The van der Waals surface area contributed by atoms with Gasteiger partial charge in [-0.15, -0.1) is 0 Å². The van der Waals surface area contributed by atoms with E-state index in [-0.39, 0.29) is 0 Å². The first kappa shape index (κ1) is 34.0. The highest BCUT2D eigenvalue weighted by Gasteiger charge is 2.22. The Morgan fingerprint density at radius 3 is 1.52 bits per heavy atom. The van der Waals surface area contributed by atoms with Gasteiger partial charge in [0.2, 0.25) is 0 Å². The zero-order valence-electron chi connectivity index (χ0n) is 32.6. The first-order valence-corrected chi connectivity index (χ1v) is 20.4. The average Bonchev–Trinajstić information content (AvgIpc) is 3.85. The number of benzene rings is 9. The Labute approximate surface area is 346 Å². The fourth-order valence-electron chi connectivity index (χ4n) is 9.21. The van der Waals surface area contributed by atoms with Gasteiger partial charge in [-0.1, -0.05) is 158 Å². The van der Waals surface area contributed by atoms with Crippen LogP contribution in [0.4, 0.5) is 0 Å². The Kier molecular flexibility index (Phi) is 7.82. The highest BCUT2D eigenvalue weighted by atomic mass is 15.0. The molecule has 3 heterocycles. The van der Waals surface area contributed by atoms with Crippen molar-refractivity contribution in [2.45, 2.75) is 0 Å². The molecule has 0 bridgehead atoms. The molecule has 12 aromatic rings. The SMILES string of the molecule is c1ccc(-c2cccc(-c3cc(-c4ccccc4)nc(-c4cc(-n5c6ccccc6c6c7c8ccccc8n(-c8ccccc8)c7ccc65)c5ccccc5c4)n3)c2)cc1. The van der Waals surface area contributed by atoms with Crippen LogP contribution in [-0.4, -0.2) is 19.1 Å². The summed E-state index contributed by atoms with van der Waals surface area (Å²) in [5, 5.41) is 7.23. The number of hydrogen-bond donors (Lipinski definition) is 0. The number of aromatic nitrogens is 4. The highest BCUT2D eigenvalue weighted by Crippen LogP contribution is 2.44. The zero-order chi connectivity index (χ0) is 39.6. The molecule has 0 fully saturated rings. The van der Waals surface area contributed by atoms with Crippen LogP contribution in [0.15, 0.2) is 218 Å². The Morgan fingerprint density at radius 1 is 0.300 bits per heavy atom. The van der Waals surface area contributed by atoms with Gasteiger partial charge < -0.3 is 9.13 Å². The average molecular weight is 765 g/mol. The van der Waals surface area contributed by atoms with E-state index in [1.807, 2.05) is 6.07 Å². The van der Waals surface area contributed by atoms with E-state index >= 15 is 0 Å². The number of hydrogen-bond acceptors (Lipinski definition) is 2. The molecule has 0 unspecified atom stereocenters. The minimum Gasteiger partial charge on any atom is -0.309 e. The molecule has 0 atom stereocenters. The van der Waals surface area contributed by atoms with E-state index in [1.165, 1.54) is 38.1 Å². The second kappa shape index (κ2) is 13.8. The van der Waals surface area contributed by atoms with Crippen LogP contribution < -0.4 is 0 Å². The summed E-state index contributed by atoms with van der Waals surface area (Å²) in [6.07, 6.45) is 0. The Bertz CT molecular complexity index is 3580. The van der Waals surface area contributed by atoms with E-state index in [0.29, 0.717) is 5.82 Å². The smallest absolute Gasteiger partial charge is 0.160 e. The van der Waals surface area contributed by atoms with Crippen LogP contribution >= 0.6 is 0 Å². The fourth-order valence-corrected chi connectivity index (χ4v) is 9.21. The second-order valence-corrected chi connectivity index (χ2v) is 15.4. The van der Waals surface area contributed by atoms with E-state index in [1.54, 1.807) is 0 Å². The fraction of sp³-hybridized carbons (Fsp3) is 0. The van der Waals surface area contributed by atoms with Gasteiger partial charge in [0.15, 0.2) is 5.82 Å². The van der Waals surface area contributed by atoms with Gasteiger partial charge in [-0.25, -0.2) is 9.97 Å². The Hall–Kier alpha value is -8.08. The lowest BCUT2D eigenvalue weighted by Gasteiger charge is -2.15. The van der Waals surface area contributed by atoms with Crippen molar-refractivity contribution in [3.8, 4) is 56.4 Å². The van der Waals surface area contributed by atoms with Gasteiger partial charge in [-0.2, -0.15) is 0 Å². The summed E-state index contributed by atoms with van der Waals surface area (Å²) in [4.78, 5) is 10.7. The molecule has 0 aliphatic carbocycles. The summed E-state index contributed by atoms with van der Waals surface area (Å²) in [5.74, 6) is 0.678. The first-order valence-electron chi connectivity index (χ1n) is 20.4. The van der Waals surface area contributed by atoms with Crippen molar-refractivity contribution < 1.29 is 0 Å². The van der Waals surface area contributed by atoms with E-state index in [0.717, 1.165) is 66.8 Å². The maximum Gasteiger partial charge on any atom is 0.160 e. The van der Waals surface area contributed by atoms with Gasteiger partial charge in [0, 0.05) is 49.3 Å². The van der Waals surface area contributed by atoms with Gasteiger partial charge in [-0.05, 0) is 77.2 Å². The minimum absolute atomic E-state index is 0.678. The molecule has 0 spiro atoms. The lowest BCUT2D eigenvalue weighted by atomic mass is 10.00. The first-order chi connectivity index (χ1) is 29.8. The highest BCUT2D eigenvalue weighted by molar-refractivity contribution is 6.29. The van der Waals surface area contributed by atoms with Crippen LogP contribution in [0, 0.1) is 0 Å². The predicted molar refractivity (Wildman–Crippen MR) is 250 cm³/mol. The summed E-state index contributed by atoms with van der Waals surface area (Å²) < 4.78 is 4.85. The van der Waals surface area contributed by atoms with Gasteiger partial charge in [-0.3, -0.25) is 0 Å². The predicted octanol–water partition coefficient (Wildman–Crippen LogP) is 14.5. The van der Waals surface area contributed by atoms with Crippen molar-refractivity contribution in [1.82, 2.24) is 19.1 Å². The van der Waals surface area contributed by atoms with Gasteiger partial charge in [0.25, 0.3) is 0 Å². The van der Waals surface area contributed by atoms with E-state index in [4.69, 9.17) is 9.97 Å². The largest absolute Gasteiger partial charge is 0.309 e. The molecule has 0 N–H and O–H groups in total. The van der Waals surface area contributed by atoms with Gasteiger partial charge in [0.1, 0.15) is 0 Å². The van der Waals surface area contributed by atoms with Crippen LogP contribution in [0.1, 0.15) is 0 Å². The number of rotatable bonds is 6. The van der Waals surface area contributed by atoms with E-state index < -0.39 is 0 Å². The van der Waals surface area contributed by atoms with Crippen LogP contribution in [0.3, 0.4) is 0 Å². The molecule has 0 saturated heterocycles. The van der Waals surface area contributed by atoms with E-state index in [9.17, 15) is 0 Å². The van der Waals surface area contributed by atoms with Crippen molar-refractivity contribution in [1.29, 1.82) is 0 Å². The van der Waals surface area contributed by atoms with Crippen molar-refractivity contribution in [2.24, 2.45) is 0 Å². The topological polar surface area (TPSA) is 35.6 Å². The molecule has 9 aromatic carbocycles. The molecule has 12 rings (SSSR count). The number of fused-ring (bicyclic) bond motifs is 8. The van der Waals surface area contributed by atoms with Crippen LogP contribution in [-0.2, 0) is 0 Å².